The summed E-state index contributed by atoms with van der Waals surface area (Å²) in [6.07, 6.45) is 0. The van der Waals surface area contributed by atoms with Gasteiger partial charge < -0.3 is 14.9 Å². The molecule has 16 heavy (non-hydrogen) atoms. The van der Waals surface area contributed by atoms with Gasteiger partial charge >= 0.3 is 0 Å². The predicted octanol–water partition coefficient (Wildman–Crippen LogP) is 3.33. The molecule has 0 unspecified atom stereocenters. The molecule has 0 saturated carbocycles. The number of furan rings is 1. The molecule has 0 bridgehead atoms. The van der Waals surface area contributed by atoms with E-state index in [9.17, 15) is 0 Å². The zero-order chi connectivity index (χ0) is 11.5. The monoisotopic (exact) mass is 237 g/mol. The Bertz CT molecular complexity index is 494. The summed E-state index contributed by atoms with van der Waals surface area (Å²) in [5.41, 5.74) is 7.09. The second-order valence-corrected chi connectivity index (χ2v) is 3.85. The van der Waals surface area contributed by atoms with E-state index in [0.29, 0.717) is 17.3 Å². The first-order chi connectivity index (χ1) is 7.70. The zero-order valence-electron chi connectivity index (χ0n) is 8.87. The predicted molar refractivity (Wildman–Crippen MR) is 64.3 cm³/mol. The summed E-state index contributed by atoms with van der Waals surface area (Å²) in [6.45, 7) is 0.451. The Morgan fingerprint density at radius 3 is 2.81 bits per heavy atom. The van der Waals surface area contributed by atoms with E-state index in [4.69, 9.17) is 26.5 Å². The Morgan fingerprint density at radius 2 is 2.12 bits per heavy atom. The van der Waals surface area contributed by atoms with Gasteiger partial charge in [0.1, 0.15) is 18.1 Å². The van der Waals surface area contributed by atoms with E-state index in [1.807, 2.05) is 18.2 Å². The summed E-state index contributed by atoms with van der Waals surface area (Å²) in [5, 5.41) is 0.582. The van der Waals surface area contributed by atoms with Crippen molar-refractivity contribution in [3.63, 3.8) is 0 Å². The van der Waals surface area contributed by atoms with Crippen molar-refractivity contribution < 1.29 is 9.15 Å². The summed E-state index contributed by atoms with van der Waals surface area (Å²) < 4.78 is 10.6. The molecular formula is C12H12ClNO2. The number of methoxy groups -OCH3 is 1. The van der Waals surface area contributed by atoms with Crippen LogP contribution in [0.3, 0.4) is 0 Å². The zero-order valence-corrected chi connectivity index (χ0v) is 9.62. The number of rotatable bonds is 3. The molecule has 0 spiro atoms. The fraction of sp³-hybridized carbons (Fsp3) is 0.167. The number of hydrogen-bond acceptors (Lipinski definition) is 3. The van der Waals surface area contributed by atoms with Crippen LogP contribution < -0.4 is 5.73 Å². The molecule has 84 valence electrons. The smallest absolute Gasteiger partial charge is 0.135 e. The van der Waals surface area contributed by atoms with E-state index in [1.54, 1.807) is 19.2 Å². The van der Waals surface area contributed by atoms with E-state index < -0.39 is 0 Å². The molecule has 2 N–H and O–H groups in total. The van der Waals surface area contributed by atoms with Crippen LogP contribution in [0.5, 0.6) is 0 Å². The van der Waals surface area contributed by atoms with Gasteiger partial charge in [0.25, 0.3) is 0 Å². The van der Waals surface area contributed by atoms with Crippen LogP contribution in [0, 0.1) is 0 Å². The van der Waals surface area contributed by atoms with Crippen LogP contribution in [0.2, 0.25) is 5.02 Å². The van der Waals surface area contributed by atoms with Crippen molar-refractivity contribution in [2.75, 3.05) is 12.8 Å². The van der Waals surface area contributed by atoms with Gasteiger partial charge in [-0.3, -0.25) is 0 Å². The molecule has 0 aliphatic rings. The first-order valence-electron chi connectivity index (χ1n) is 4.84. The minimum atomic E-state index is 0.451. The summed E-state index contributed by atoms with van der Waals surface area (Å²) in [4.78, 5) is 0. The van der Waals surface area contributed by atoms with Gasteiger partial charge in [-0.15, -0.1) is 0 Å². The summed E-state index contributed by atoms with van der Waals surface area (Å²) in [7, 11) is 1.62. The maximum atomic E-state index is 6.08. The van der Waals surface area contributed by atoms with Crippen LogP contribution in [0.1, 0.15) is 5.76 Å². The van der Waals surface area contributed by atoms with Gasteiger partial charge in [0, 0.05) is 18.4 Å². The van der Waals surface area contributed by atoms with Crippen LogP contribution in [-0.4, -0.2) is 7.11 Å². The Hall–Kier alpha value is -1.45. The number of halogens is 1. The molecule has 1 aromatic carbocycles. The van der Waals surface area contributed by atoms with Crippen molar-refractivity contribution in [3.05, 3.63) is 41.1 Å². The first-order valence-corrected chi connectivity index (χ1v) is 5.21. The molecule has 1 heterocycles. The largest absolute Gasteiger partial charge is 0.459 e. The Morgan fingerprint density at radius 1 is 1.31 bits per heavy atom. The highest BCUT2D eigenvalue weighted by molar-refractivity contribution is 6.33. The number of nitrogens with two attached hydrogens (primary N) is 1. The van der Waals surface area contributed by atoms with Crippen molar-refractivity contribution in [2.45, 2.75) is 6.61 Å². The van der Waals surface area contributed by atoms with Crippen molar-refractivity contribution in [2.24, 2.45) is 0 Å². The topological polar surface area (TPSA) is 48.4 Å². The van der Waals surface area contributed by atoms with Crippen molar-refractivity contribution in [1.29, 1.82) is 0 Å². The van der Waals surface area contributed by atoms with Gasteiger partial charge in [-0.25, -0.2) is 0 Å². The minimum absolute atomic E-state index is 0.451. The lowest BCUT2D eigenvalue weighted by molar-refractivity contribution is 0.165. The number of hydrogen-bond donors (Lipinski definition) is 1. The average Bonchev–Trinajstić information content (AvgIpc) is 2.67. The van der Waals surface area contributed by atoms with Crippen molar-refractivity contribution in [3.8, 4) is 11.3 Å². The Labute approximate surface area is 98.8 Å². The molecule has 2 aromatic rings. The highest BCUT2D eigenvalue weighted by Gasteiger charge is 2.08. The van der Waals surface area contributed by atoms with E-state index >= 15 is 0 Å². The van der Waals surface area contributed by atoms with Gasteiger partial charge in [-0.05, 0) is 30.3 Å². The van der Waals surface area contributed by atoms with E-state index in [-0.39, 0.29) is 0 Å². The second kappa shape index (κ2) is 4.60. The molecule has 4 heteroatoms. The number of nitrogen functional groups attached to an aromatic ring is 1. The summed E-state index contributed by atoms with van der Waals surface area (Å²) in [5.74, 6) is 1.49. The van der Waals surface area contributed by atoms with Crippen molar-refractivity contribution in [1.82, 2.24) is 0 Å². The van der Waals surface area contributed by atoms with Crippen LogP contribution in [0.15, 0.2) is 34.7 Å². The van der Waals surface area contributed by atoms with Gasteiger partial charge in [-0.2, -0.15) is 0 Å². The van der Waals surface area contributed by atoms with E-state index in [1.165, 1.54) is 0 Å². The van der Waals surface area contributed by atoms with Crippen molar-refractivity contribution >= 4 is 17.3 Å². The number of anilines is 1. The van der Waals surface area contributed by atoms with Crippen LogP contribution in [0.25, 0.3) is 11.3 Å². The number of benzene rings is 1. The standard InChI is InChI=1S/C12H12ClNO2/c1-15-7-9-3-5-12(16-9)10-4-2-8(14)6-11(10)13/h2-6H,7,14H2,1H3. The summed E-state index contributed by atoms with van der Waals surface area (Å²) in [6, 6.07) is 9.07. The molecule has 0 fully saturated rings. The third-order valence-electron chi connectivity index (χ3n) is 2.21. The molecule has 0 radical (unpaired) electrons. The van der Waals surface area contributed by atoms with Gasteiger partial charge in [0.2, 0.25) is 0 Å². The van der Waals surface area contributed by atoms with Crippen LogP contribution in [-0.2, 0) is 11.3 Å². The van der Waals surface area contributed by atoms with Crippen LogP contribution in [0.4, 0.5) is 5.69 Å². The molecule has 0 saturated heterocycles. The maximum Gasteiger partial charge on any atom is 0.135 e. The summed E-state index contributed by atoms with van der Waals surface area (Å²) >= 11 is 6.08. The molecule has 1 aromatic heterocycles. The minimum Gasteiger partial charge on any atom is -0.459 e. The normalized spacial score (nSPS) is 10.6. The molecule has 2 rings (SSSR count). The molecule has 3 nitrogen and oxygen atoms in total. The maximum absolute atomic E-state index is 6.08. The SMILES string of the molecule is COCc1ccc(-c2ccc(N)cc2Cl)o1. The Kier molecular flexibility index (Phi) is 3.17. The molecule has 0 aliphatic heterocycles. The highest BCUT2D eigenvalue weighted by atomic mass is 35.5. The fourth-order valence-electron chi connectivity index (χ4n) is 1.47. The van der Waals surface area contributed by atoms with Gasteiger partial charge in [-0.1, -0.05) is 11.6 Å². The molecular weight excluding hydrogens is 226 g/mol. The Balaban J connectivity index is 2.35. The second-order valence-electron chi connectivity index (χ2n) is 3.44. The lowest BCUT2D eigenvalue weighted by Gasteiger charge is -2.02. The van der Waals surface area contributed by atoms with Gasteiger partial charge in [0.05, 0.1) is 5.02 Å². The number of ether oxygens (including phenoxy) is 1. The molecule has 0 aliphatic carbocycles. The van der Waals surface area contributed by atoms with Crippen LogP contribution >= 0.6 is 11.6 Å². The highest BCUT2D eigenvalue weighted by Crippen LogP contribution is 2.30. The fourth-order valence-corrected chi connectivity index (χ4v) is 1.76. The average molecular weight is 238 g/mol. The third kappa shape index (κ3) is 2.21. The lowest BCUT2D eigenvalue weighted by atomic mass is 10.1. The quantitative estimate of drug-likeness (QED) is 0.833. The molecule has 0 amide bonds. The lowest BCUT2D eigenvalue weighted by Crippen LogP contribution is -1.85. The molecule has 0 atom stereocenters. The first kappa shape index (κ1) is 11.0. The van der Waals surface area contributed by atoms with Gasteiger partial charge in [0.15, 0.2) is 0 Å². The third-order valence-corrected chi connectivity index (χ3v) is 2.52. The van der Waals surface area contributed by atoms with E-state index in [0.717, 1.165) is 17.1 Å². The van der Waals surface area contributed by atoms with E-state index in [2.05, 4.69) is 0 Å².